The largest absolute Gasteiger partial charge is 0.481 e. The summed E-state index contributed by atoms with van der Waals surface area (Å²) in [7, 11) is 0. The summed E-state index contributed by atoms with van der Waals surface area (Å²) < 4.78 is 11.2. The summed E-state index contributed by atoms with van der Waals surface area (Å²) in [6, 6.07) is 15.1. The Morgan fingerprint density at radius 1 is 1.15 bits per heavy atom. The lowest BCUT2D eigenvalue weighted by Gasteiger charge is -2.25. The maximum Gasteiger partial charge on any atom is 0.264 e. The molecule has 1 atom stereocenters. The van der Waals surface area contributed by atoms with Gasteiger partial charge in [-0.2, -0.15) is 0 Å². The van der Waals surface area contributed by atoms with Gasteiger partial charge in [0.05, 0.1) is 12.8 Å². The number of amides is 1. The third-order valence-electron chi connectivity index (χ3n) is 4.02. The predicted octanol–water partition coefficient (Wildman–Crippen LogP) is 3.98. The third-order valence-corrected chi connectivity index (χ3v) is 4.02. The molecule has 3 aromatic rings. The number of aryl methyl sites for hydroxylation is 1. The smallest absolute Gasteiger partial charge is 0.264 e. The van der Waals surface area contributed by atoms with Crippen LogP contribution in [0.1, 0.15) is 23.8 Å². The second kappa shape index (κ2) is 8.34. The fourth-order valence-electron chi connectivity index (χ4n) is 2.64. The Labute approximate surface area is 153 Å². The van der Waals surface area contributed by atoms with E-state index in [9.17, 15) is 4.79 Å². The first kappa shape index (κ1) is 17.7. The lowest BCUT2D eigenvalue weighted by molar-refractivity contribution is -0.139. The van der Waals surface area contributed by atoms with E-state index in [0.29, 0.717) is 18.8 Å². The molecule has 2 heterocycles. The van der Waals surface area contributed by atoms with Crippen molar-refractivity contribution in [1.82, 2.24) is 9.88 Å². The number of carbonyl (C=O) groups is 1. The van der Waals surface area contributed by atoms with Crippen molar-refractivity contribution < 1.29 is 13.9 Å². The number of nitrogens with zero attached hydrogens (tertiary/aromatic N) is 2. The van der Waals surface area contributed by atoms with Gasteiger partial charge in [0.15, 0.2) is 6.10 Å². The summed E-state index contributed by atoms with van der Waals surface area (Å²) >= 11 is 0. The van der Waals surface area contributed by atoms with Crippen LogP contribution in [0, 0.1) is 6.92 Å². The van der Waals surface area contributed by atoms with Crippen molar-refractivity contribution >= 4 is 5.91 Å². The van der Waals surface area contributed by atoms with Crippen molar-refractivity contribution in [3.63, 3.8) is 0 Å². The van der Waals surface area contributed by atoms with E-state index in [0.717, 1.165) is 16.9 Å². The minimum atomic E-state index is -0.607. The highest BCUT2D eigenvalue weighted by Crippen LogP contribution is 2.17. The zero-order valence-electron chi connectivity index (χ0n) is 15.0. The molecule has 1 amide bonds. The van der Waals surface area contributed by atoms with Crippen molar-refractivity contribution in [3.05, 3.63) is 84.1 Å². The van der Waals surface area contributed by atoms with Crippen LogP contribution in [0.25, 0.3) is 0 Å². The van der Waals surface area contributed by atoms with Crippen molar-refractivity contribution in [1.29, 1.82) is 0 Å². The molecule has 0 N–H and O–H groups in total. The van der Waals surface area contributed by atoms with Crippen LogP contribution in [0.2, 0.25) is 0 Å². The second-order valence-corrected chi connectivity index (χ2v) is 6.21. The van der Waals surface area contributed by atoms with Crippen LogP contribution in [0.15, 0.2) is 71.6 Å². The van der Waals surface area contributed by atoms with Crippen LogP contribution >= 0.6 is 0 Å². The van der Waals surface area contributed by atoms with Crippen LogP contribution in [0.4, 0.5) is 0 Å². The molecular formula is C21H22N2O3. The maximum absolute atomic E-state index is 13.0. The monoisotopic (exact) mass is 350 g/mol. The normalized spacial score (nSPS) is 11.8. The van der Waals surface area contributed by atoms with Gasteiger partial charge in [0.1, 0.15) is 11.5 Å². The van der Waals surface area contributed by atoms with E-state index in [1.807, 2.05) is 55.5 Å². The van der Waals surface area contributed by atoms with Gasteiger partial charge in [-0.05, 0) is 49.7 Å². The van der Waals surface area contributed by atoms with Crippen molar-refractivity contribution in [2.75, 3.05) is 0 Å². The van der Waals surface area contributed by atoms with E-state index in [1.165, 1.54) is 0 Å². The molecule has 1 aromatic carbocycles. The second-order valence-electron chi connectivity index (χ2n) is 6.21. The number of rotatable bonds is 7. The number of furan rings is 1. The van der Waals surface area contributed by atoms with Gasteiger partial charge in [-0.3, -0.25) is 9.78 Å². The molecule has 3 rings (SSSR count). The summed E-state index contributed by atoms with van der Waals surface area (Å²) in [5.74, 6) is 1.30. The number of ether oxygens (including phenoxy) is 1. The molecule has 0 aliphatic heterocycles. The van der Waals surface area contributed by atoms with E-state index in [2.05, 4.69) is 4.98 Å². The molecule has 0 spiro atoms. The Morgan fingerprint density at radius 3 is 2.62 bits per heavy atom. The molecule has 0 saturated carbocycles. The Morgan fingerprint density at radius 2 is 1.96 bits per heavy atom. The van der Waals surface area contributed by atoms with Gasteiger partial charge >= 0.3 is 0 Å². The molecule has 2 aromatic heterocycles. The Bertz CT molecular complexity index is 814. The van der Waals surface area contributed by atoms with Crippen LogP contribution < -0.4 is 4.74 Å². The number of aromatic nitrogens is 1. The molecule has 0 bridgehead atoms. The average molecular weight is 350 g/mol. The van der Waals surface area contributed by atoms with E-state index in [1.54, 1.807) is 30.5 Å². The lowest BCUT2D eigenvalue weighted by Crippen LogP contribution is -2.39. The lowest BCUT2D eigenvalue weighted by atomic mass is 10.2. The van der Waals surface area contributed by atoms with Gasteiger partial charge in [-0.15, -0.1) is 0 Å². The summed E-state index contributed by atoms with van der Waals surface area (Å²) in [5, 5.41) is 0. The highest BCUT2D eigenvalue weighted by Gasteiger charge is 2.23. The average Bonchev–Trinajstić information content (AvgIpc) is 3.16. The zero-order chi connectivity index (χ0) is 18.4. The molecule has 0 aliphatic carbocycles. The summed E-state index contributed by atoms with van der Waals surface area (Å²) in [5.41, 5.74) is 2.10. The molecule has 26 heavy (non-hydrogen) atoms. The summed E-state index contributed by atoms with van der Waals surface area (Å²) in [6.07, 6.45) is 4.47. The number of benzene rings is 1. The first-order valence-electron chi connectivity index (χ1n) is 8.55. The topological polar surface area (TPSA) is 55.6 Å². The molecule has 0 radical (unpaired) electrons. The maximum atomic E-state index is 13.0. The van der Waals surface area contributed by atoms with Gasteiger partial charge in [0, 0.05) is 18.9 Å². The van der Waals surface area contributed by atoms with E-state index in [4.69, 9.17) is 9.15 Å². The zero-order valence-corrected chi connectivity index (χ0v) is 15.0. The fraction of sp³-hybridized carbons (Fsp3) is 0.238. The van der Waals surface area contributed by atoms with Gasteiger partial charge in [0.25, 0.3) is 5.91 Å². The number of carbonyl (C=O) groups excluding carboxylic acids is 1. The van der Waals surface area contributed by atoms with Gasteiger partial charge < -0.3 is 14.1 Å². The van der Waals surface area contributed by atoms with Crippen molar-refractivity contribution in [3.8, 4) is 5.75 Å². The SMILES string of the molecule is Cc1ccc(OC(C)C(=O)N(Cc2cccnc2)Cc2ccco2)cc1. The first-order valence-corrected chi connectivity index (χ1v) is 8.55. The van der Waals surface area contributed by atoms with Gasteiger partial charge in [0.2, 0.25) is 0 Å². The van der Waals surface area contributed by atoms with Crippen LogP contribution in [0.5, 0.6) is 5.75 Å². The molecule has 0 saturated heterocycles. The van der Waals surface area contributed by atoms with Gasteiger partial charge in [-0.25, -0.2) is 0 Å². The Kier molecular flexibility index (Phi) is 5.69. The standard InChI is InChI=1S/C21H22N2O3/c1-16-7-9-19(10-8-16)26-17(2)21(24)23(15-20-6-4-12-25-20)14-18-5-3-11-22-13-18/h3-13,17H,14-15H2,1-2H3. The number of pyridine rings is 1. The summed E-state index contributed by atoms with van der Waals surface area (Å²) in [6.45, 7) is 4.59. The number of hydrogen-bond donors (Lipinski definition) is 0. The third kappa shape index (κ3) is 4.72. The van der Waals surface area contributed by atoms with Crippen LogP contribution in [-0.2, 0) is 17.9 Å². The molecule has 134 valence electrons. The molecular weight excluding hydrogens is 328 g/mol. The Balaban J connectivity index is 1.73. The summed E-state index contributed by atoms with van der Waals surface area (Å²) in [4.78, 5) is 18.8. The van der Waals surface area contributed by atoms with E-state index in [-0.39, 0.29) is 5.91 Å². The molecule has 0 fully saturated rings. The van der Waals surface area contributed by atoms with Gasteiger partial charge in [-0.1, -0.05) is 23.8 Å². The highest BCUT2D eigenvalue weighted by atomic mass is 16.5. The first-order chi connectivity index (χ1) is 12.6. The van der Waals surface area contributed by atoms with Crippen LogP contribution in [-0.4, -0.2) is 21.9 Å². The quantitative estimate of drug-likeness (QED) is 0.647. The minimum absolute atomic E-state index is 0.106. The van der Waals surface area contributed by atoms with E-state index >= 15 is 0 Å². The van der Waals surface area contributed by atoms with Crippen molar-refractivity contribution in [2.45, 2.75) is 33.0 Å². The minimum Gasteiger partial charge on any atom is -0.481 e. The number of hydrogen-bond acceptors (Lipinski definition) is 4. The molecule has 5 nitrogen and oxygen atoms in total. The highest BCUT2D eigenvalue weighted by molar-refractivity contribution is 5.80. The van der Waals surface area contributed by atoms with Crippen molar-refractivity contribution in [2.24, 2.45) is 0 Å². The van der Waals surface area contributed by atoms with E-state index < -0.39 is 6.10 Å². The Hall–Kier alpha value is -3.08. The molecule has 5 heteroatoms. The fourth-order valence-corrected chi connectivity index (χ4v) is 2.64. The molecule has 1 unspecified atom stereocenters. The molecule has 0 aliphatic rings. The predicted molar refractivity (Wildman–Crippen MR) is 98.5 cm³/mol. The van der Waals surface area contributed by atoms with Crippen LogP contribution in [0.3, 0.4) is 0 Å².